The van der Waals surface area contributed by atoms with Gasteiger partial charge in [0, 0.05) is 31.6 Å². The highest BCUT2D eigenvalue weighted by molar-refractivity contribution is 7.89. The van der Waals surface area contributed by atoms with Crippen LogP contribution in [0.5, 0.6) is 5.75 Å². The summed E-state index contributed by atoms with van der Waals surface area (Å²) in [6.07, 6.45) is -0.0612. The predicted molar refractivity (Wildman–Crippen MR) is 130 cm³/mol. The SMILES string of the molecule is COc1cccc(C2C(=O)N(C(C)(C)C)CCN2C(=O)CCNS(=O)(=O)c2ccc(C)cc2)c1. The van der Waals surface area contributed by atoms with E-state index in [1.807, 2.05) is 27.7 Å². The molecule has 2 aromatic rings. The van der Waals surface area contributed by atoms with Crippen molar-refractivity contribution >= 4 is 21.8 Å². The molecule has 1 unspecified atom stereocenters. The summed E-state index contributed by atoms with van der Waals surface area (Å²) in [6, 6.07) is 12.8. The molecule has 0 bridgehead atoms. The average molecular weight is 488 g/mol. The van der Waals surface area contributed by atoms with Gasteiger partial charge in [-0.2, -0.15) is 0 Å². The second kappa shape index (κ2) is 10.1. The van der Waals surface area contributed by atoms with E-state index < -0.39 is 21.6 Å². The number of hydrogen-bond acceptors (Lipinski definition) is 5. The molecule has 1 aliphatic heterocycles. The molecule has 1 N–H and O–H groups in total. The van der Waals surface area contributed by atoms with Gasteiger partial charge in [-0.3, -0.25) is 9.59 Å². The van der Waals surface area contributed by atoms with Crippen molar-refractivity contribution < 1.29 is 22.7 Å². The summed E-state index contributed by atoms with van der Waals surface area (Å²) in [6.45, 7) is 8.47. The number of amides is 2. The zero-order valence-corrected chi connectivity index (χ0v) is 21.2. The molecule has 0 aliphatic carbocycles. The van der Waals surface area contributed by atoms with Crippen LogP contribution in [0.4, 0.5) is 0 Å². The normalized spacial score (nSPS) is 17.1. The topological polar surface area (TPSA) is 96.0 Å². The first-order valence-corrected chi connectivity index (χ1v) is 12.7. The van der Waals surface area contributed by atoms with E-state index in [2.05, 4.69) is 4.72 Å². The molecule has 1 heterocycles. The maximum atomic E-state index is 13.5. The quantitative estimate of drug-likeness (QED) is 0.648. The summed E-state index contributed by atoms with van der Waals surface area (Å²) in [7, 11) is -2.18. The molecule has 0 radical (unpaired) electrons. The summed E-state index contributed by atoms with van der Waals surface area (Å²) >= 11 is 0. The van der Waals surface area contributed by atoms with Crippen molar-refractivity contribution in [2.24, 2.45) is 0 Å². The average Bonchev–Trinajstić information content (AvgIpc) is 2.78. The van der Waals surface area contributed by atoms with Crippen LogP contribution in [0.3, 0.4) is 0 Å². The van der Waals surface area contributed by atoms with Crippen molar-refractivity contribution in [3.63, 3.8) is 0 Å². The molecule has 8 nitrogen and oxygen atoms in total. The minimum atomic E-state index is -3.73. The van der Waals surface area contributed by atoms with Crippen LogP contribution < -0.4 is 9.46 Å². The Bertz CT molecular complexity index is 1140. The fourth-order valence-corrected chi connectivity index (χ4v) is 5.07. The van der Waals surface area contributed by atoms with Gasteiger partial charge in [-0.15, -0.1) is 0 Å². The Morgan fingerprint density at radius 3 is 2.41 bits per heavy atom. The third-order valence-corrected chi connectivity index (χ3v) is 7.35. The van der Waals surface area contributed by atoms with Crippen molar-refractivity contribution in [1.82, 2.24) is 14.5 Å². The van der Waals surface area contributed by atoms with Crippen LogP contribution >= 0.6 is 0 Å². The molecule has 0 saturated carbocycles. The van der Waals surface area contributed by atoms with Crippen LogP contribution in [0.1, 0.15) is 44.4 Å². The Hall–Kier alpha value is -2.91. The molecule has 184 valence electrons. The van der Waals surface area contributed by atoms with Gasteiger partial charge in [0.05, 0.1) is 12.0 Å². The van der Waals surface area contributed by atoms with Gasteiger partial charge in [0.15, 0.2) is 0 Å². The Labute approximate surface area is 201 Å². The number of nitrogens with one attached hydrogen (secondary N) is 1. The first-order chi connectivity index (χ1) is 15.9. The Kier molecular flexibility index (Phi) is 7.67. The standard InChI is InChI=1S/C25H33N3O5S/c1-18-9-11-21(12-10-18)34(31,32)26-14-13-22(29)27-15-16-28(25(2,3)4)24(30)23(27)19-7-6-8-20(17-19)33-5/h6-12,17,23,26H,13-16H2,1-5H3. The van der Waals surface area contributed by atoms with Gasteiger partial charge < -0.3 is 14.5 Å². The lowest BCUT2D eigenvalue weighted by atomic mass is 9.96. The van der Waals surface area contributed by atoms with Gasteiger partial charge in [0.2, 0.25) is 15.9 Å². The molecular weight excluding hydrogens is 454 g/mol. The molecule has 3 rings (SSSR count). The van der Waals surface area contributed by atoms with Crippen LogP contribution in [-0.4, -0.2) is 62.3 Å². The number of aryl methyl sites for hydroxylation is 1. The molecule has 9 heteroatoms. The van der Waals surface area contributed by atoms with Gasteiger partial charge in [-0.1, -0.05) is 29.8 Å². The fourth-order valence-electron chi connectivity index (χ4n) is 4.03. The van der Waals surface area contributed by atoms with E-state index >= 15 is 0 Å². The second-order valence-corrected chi connectivity index (χ2v) is 11.2. The van der Waals surface area contributed by atoms with Crippen molar-refractivity contribution in [2.75, 3.05) is 26.7 Å². The predicted octanol–water partition coefficient (Wildman–Crippen LogP) is 2.88. The molecule has 1 atom stereocenters. The molecular formula is C25H33N3O5S. The number of nitrogens with zero attached hydrogens (tertiary/aromatic N) is 2. The number of sulfonamides is 1. The number of ether oxygens (including phenoxy) is 1. The number of methoxy groups -OCH3 is 1. The van der Waals surface area contributed by atoms with Gasteiger partial charge in [0.25, 0.3) is 5.91 Å². The van der Waals surface area contributed by atoms with E-state index in [1.165, 1.54) is 12.1 Å². The molecule has 2 aromatic carbocycles. The number of piperazine rings is 1. The highest BCUT2D eigenvalue weighted by atomic mass is 32.2. The molecule has 1 fully saturated rings. The summed E-state index contributed by atoms with van der Waals surface area (Å²) < 4.78 is 32.9. The van der Waals surface area contributed by atoms with Gasteiger partial charge >= 0.3 is 0 Å². The van der Waals surface area contributed by atoms with Crippen LogP contribution in [0, 0.1) is 6.92 Å². The van der Waals surface area contributed by atoms with Crippen LogP contribution in [-0.2, 0) is 19.6 Å². The summed E-state index contributed by atoms with van der Waals surface area (Å²) in [5.74, 6) is 0.137. The minimum Gasteiger partial charge on any atom is -0.497 e. The van der Waals surface area contributed by atoms with Gasteiger partial charge in [0.1, 0.15) is 11.8 Å². The lowest BCUT2D eigenvalue weighted by Crippen LogP contribution is -2.59. The van der Waals surface area contributed by atoms with E-state index in [4.69, 9.17) is 4.74 Å². The van der Waals surface area contributed by atoms with E-state index in [9.17, 15) is 18.0 Å². The number of hydrogen-bond donors (Lipinski definition) is 1. The molecule has 34 heavy (non-hydrogen) atoms. The van der Waals surface area contributed by atoms with Gasteiger partial charge in [-0.25, -0.2) is 13.1 Å². The van der Waals surface area contributed by atoms with Crippen LogP contribution in [0.15, 0.2) is 53.4 Å². The summed E-state index contributed by atoms with van der Waals surface area (Å²) in [5, 5.41) is 0. The first-order valence-electron chi connectivity index (χ1n) is 11.3. The molecule has 2 amide bonds. The number of benzene rings is 2. The van der Waals surface area contributed by atoms with Crippen molar-refractivity contribution in [1.29, 1.82) is 0 Å². The van der Waals surface area contributed by atoms with Crippen LogP contribution in [0.25, 0.3) is 0 Å². The highest BCUT2D eigenvalue weighted by Gasteiger charge is 2.42. The first kappa shape index (κ1) is 25.7. The smallest absolute Gasteiger partial charge is 0.250 e. The Morgan fingerprint density at radius 2 is 1.79 bits per heavy atom. The monoisotopic (exact) mass is 487 g/mol. The fraction of sp³-hybridized carbons (Fsp3) is 0.440. The van der Waals surface area contributed by atoms with Crippen molar-refractivity contribution in [2.45, 2.75) is 50.6 Å². The number of carbonyl (C=O) groups excluding carboxylic acids is 2. The summed E-state index contributed by atoms with van der Waals surface area (Å²) in [5.41, 5.74) is 1.22. The molecule has 0 spiro atoms. The Balaban J connectivity index is 1.78. The minimum absolute atomic E-state index is 0.0612. The zero-order chi connectivity index (χ0) is 25.1. The van der Waals surface area contributed by atoms with Crippen LogP contribution in [0.2, 0.25) is 0 Å². The number of carbonyl (C=O) groups is 2. The zero-order valence-electron chi connectivity index (χ0n) is 20.4. The molecule has 0 aromatic heterocycles. The maximum Gasteiger partial charge on any atom is 0.250 e. The van der Waals surface area contributed by atoms with Gasteiger partial charge in [-0.05, 0) is 57.5 Å². The number of rotatable bonds is 7. The van der Waals surface area contributed by atoms with Crippen molar-refractivity contribution in [3.8, 4) is 5.75 Å². The van der Waals surface area contributed by atoms with E-state index in [1.54, 1.807) is 53.3 Å². The Morgan fingerprint density at radius 1 is 1.12 bits per heavy atom. The lowest BCUT2D eigenvalue weighted by molar-refractivity contribution is -0.156. The third kappa shape index (κ3) is 5.77. The second-order valence-electron chi connectivity index (χ2n) is 9.39. The summed E-state index contributed by atoms with van der Waals surface area (Å²) in [4.78, 5) is 30.2. The van der Waals surface area contributed by atoms with E-state index in [0.29, 0.717) is 24.4 Å². The molecule has 1 saturated heterocycles. The van der Waals surface area contributed by atoms with E-state index in [0.717, 1.165) is 5.56 Å². The largest absolute Gasteiger partial charge is 0.497 e. The van der Waals surface area contributed by atoms with E-state index in [-0.39, 0.29) is 29.7 Å². The third-order valence-electron chi connectivity index (χ3n) is 5.88. The highest BCUT2D eigenvalue weighted by Crippen LogP contribution is 2.32. The lowest BCUT2D eigenvalue weighted by Gasteiger charge is -2.46. The van der Waals surface area contributed by atoms with Crippen molar-refractivity contribution in [3.05, 3.63) is 59.7 Å². The maximum absolute atomic E-state index is 13.5. The molecule has 1 aliphatic rings.